The molecule has 2 heterocycles. The Labute approximate surface area is 89.5 Å². The van der Waals surface area contributed by atoms with Crippen molar-refractivity contribution in [2.45, 2.75) is 13.8 Å². The van der Waals surface area contributed by atoms with Crippen molar-refractivity contribution in [2.75, 3.05) is 0 Å². The molecular weight excluding hydrogens is 246 g/mol. The molecule has 0 radical (unpaired) electrons. The molecule has 0 atom stereocenters. The van der Waals surface area contributed by atoms with Crippen molar-refractivity contribution >= 4 is 15.9 Å². The SMILES string of the molecule is Cc1ccc(-c2nnc(Br)o2)nc1C. The van der Waals surface area contributed by atoms with E-state index in [0.717, 1.165) is 11.3 Å². The number of aryl methyl sites for hydroxylation is 2. The lowest BCUT2D eigenvalue weighted by Crippen LogP contribution is -1.90. The van der Waals surface area contributed by atoms with Gasteiger partial charge in [0.05, 0.1) is 0 Å². The van der Waals surface area contributed by atoms with Crippen LogP contribution in [-0.2, 0) is 0 Å². The zero-order valence-corrected chi connectivity index (χ0v) is 9.37. The molecule has 0 spiro atoms. The molecule has 5 heteroatoms. The fourth-order valence-electron chi connectivity index (χ4n) is 1.06. The van der Waals surface area contributed by atoms with Gasteiger partial charge in [0, 0.05) is 21.6 Å². The zero-order chi connectivity index (χ0) is 10.1. The first kappa shape index (κ1) is 9.33. The van der Waals surface area contributed by atoms with Crippen LogP contribution in [0.2, 0.25) is 0 Å². The summed E-state index contributed by atoms with van der Waals surface area (Å²) in [6, 6.07) is 3.85. The van der Waals surface area contributed by atoms with Crippen LogP contribution in [0.4, 0.5) is 0 Å². The Morgan fingerprint density at radius 1 is 1.21 bits per heavy atom. The summed E-state index contributed by atoms with van der Waals surface area (Å²) in [6.45, 7) is 3.96. The third kappa shape index (κ3) is 1.68. The van der Waals surface area contributed by atoms with Gasteiger partial charge < -0.3 is 4.42 Å². The smallest absolute Gasteiger partial charge is 0.285 e. The maximum absolute atomic E-state index is 5.20. The van der Waals surface area contributed by atoms with Crippen LogP contribution in [-0.4, -0.2) is 15.2 Å². The Balaban J connectivity index is 2.47. The van der Waals surface area contributed by atoms with E-state index in [4.69, 9.17) is 4.42 Å². The molecule has 0 amide bonds. The van der Waals surface area contributed by atoms with Gasteiger partial charge in [0.25, 0.3) is 10.7 Å². The molecule has 2 rings (SSSR count). The summed E-state index contributed by atoms with van der Waals surface area (Å²) < 4.78 is 5.20. The Hall–Kier alpha value is -1.23. The predicted octanol–water partition coefficient (Wildman–Crippen LogP) is 2.51. The van der Waals surface area contributed by atoms with Gasteiger partial charge in [-0.05, 0) is 25.5 Å². The number of hydrogen-bond donors (Lipinski definition) is 0. The standard InChI is InChI=1S/C9H8BrN3O/c1-5-3-4-7(11-6(5)2)8-12-13-9(10)14-8/h3-4H,1-2H3. The number of nitrogens with zero attached hydrogens (tertiary/aromatic N) is 3. The lowest BCUT2D eigenvalue weighted by Gasteiger charge is -1.99. The summed E-state index contributed by atoms with van der Waals surface area (Å²) in [5.74, 6) is 0.431. The van der Waals surface area contributed by atoms with Gasteiger partial charge >= 0.3 is 0 Å². The normalized spacial score (nSPS) is 10.5. The summed E-state index contributed by atoms with van der Waals surface area (Å²) in [7, 11) is 0. The topological polar surface area (TPSA) is 51.8 Å². The lowest BCUT2D eigenvalue weighted by atomic mass is 10.2. The fourth-order valence-corrected chi connectivity index (χ4v) is 1.29. The van der Waals surface area contributed by atoms with Gasteiger partial charge in [-0.1, -0.05) is 6.07 Å². The van der Waals surface area contributed by atoms with E-state index >= 15 is 0 Å². The molecule has 0 aromatic carbocycles. The number of rotatable bonds is 1. The van der Waals surface area contributed by atoms with Gasteiger partial charge in [-0.15, -0.1) is 10.2 Å². The van der Waals surface area contributed by atoms with Crippen LogP contribution >= 0.6 is 15.9 Å². The van der Waals surface area contributed by atoms with E-state index in [9.17, 15) is 0 Å². The van der Waals surface area contributed by atoms with Gasteiger partial charge in [-0.3, -0.25) is 0 Å². The second-order valence-electron chi connectivity index (χ2n) is 2.96. The third-order valence-corrected chi connectivity index (χ3v) is 2.29. The minimum absolute atomic E-state index is 0.368. The van der Waals surface area contributed by atoms with E-state index in [1.165, 1.54) is 0 Å². The number of pyridine rings is 1. The Morgan fingerprint density at radius 2 is 2.00 bits per heavy atom. The Morgan fingerprint density at radius 3 is 2.57 bits per heavy atom. The lowest BCUT2D eigenvalue weighted by molar-refractivity contribution is 0.538. The van der Waals surface area contributed by atoms with Crippen LogP contribution in [0.5, 0.6) is 0 Å². The quantitative estimate of drug-likeness (QED) is 0.784. The average molecular weight is 254 g/mol. The average Bonchev–Trinajstić information content (AvgIpc) is 2.57. The molecule has 0 bridgehead atoms. The van der Waals surface area contributed by atoms with Crippen LogP contribution in [0.15, 0.2) is 21.3 Å². The van der Waals surface area contributed by atoms with Gasteiger partial charge in [0.15, 0.2) is 0 Å². The summed E-state index contributed by atoms with van der Waals surface area (Å²) in [6.07, 6.45) is 0. The molecule has 0 fully saturated rings. The summed E-state index contributed by atoms with van der Waals surface area (Å²) in [4.78, 5) is 4.71. The van der Waals surface area contributed by atoms with E-state index in [-0.39, 0.29) is 0 Å². The second-order valence-corrected chi connectivity index (χ2v) is 3.64. The molecule has 0 N–H and O–H groups in total. The number of halogens is 1. The molecule has 4 nitrogen and oxygen atoms in total. The van der Waals surface area contributed by atoms with Crippen LogP contribution in [0.1, 0.15) is 11.3 Å². The van der Waals surface area contributed by atoms with Crippen LogP contribution in [0, 0.1) is 13.8 Å². The van der Waals surface area contributed by atoms with Crippen molar-refractivity contribution < 1.29 is 4.42 Å². The molecule has 72 valence electrons. The predicted molar refractivity (Wildman–Crippen MR) is 54.7 cm³/mol. The van der Waals surface area contributed by atoms with Crippen molar-refractivity contribution in [2.24, 2.45) is 0 Å². The number of hydrogen-bond acceptors (Lipinski definition) is 4. The largest absolute Gasteiger partial charge is 0.409 e. The minimum atomic E-state index is 0.368. The maximum atomic E-state index is 5.20. The molecule has 0 aliphatic carbocycles. The van der Waals surface area contributed by atoms with E-state index in [1.807, 2.05) is 26.0 Å². The molecular formula is C9H8BrN3O. The number of aromatic nitrogens is 3. The zero-order valence-electron chi connectivity index (χ0n) is 7.78. The van der Waals surface area contributed by atoms with Crippen molar-refractivity contribution in [3.63, 3.8) is 0 Å². The molecule has 14 heavy (non-hydrogen) atoms. The minimum Gasteiger partial charge on any atom is -0.409 e. The monoisotopic (exact) mass is 253 g/mol. The van der Waals surface area contributed by atoms with Gasteiger partial charge in [0.2, 0.25) is 0 Å². The van der Waals surface area contributed by atoms with Gasteiger partial charge in [0.1, 0.15) is 5.69 Å². The van der Waals surface area contributed by atoms with Crippen molar-refractivity contribution in [3.8, 4) is 11.6 Å². The highest BCUT2D eigenvalue weighted by Crippen LogP contribution is 2.19. The highest BCUT2D eigenvalue weighted by Gasteiger charge is 2.08. The molecule has 2 aromatic rings. The first-order valence-corrected chi connectivity index (χ1v) is 4.90. The van der Waals surface area contributed by atoms with Crippen LogP contribution in [0.25, 0.3) is 11.6 Å². The van der Waals surface area contributed by atoms with E-state index < -0.39 is 0 Å². The Bertz CT molecular complexity index is 467. The molecule has 0 aliphatic rings. The maximum Gasteiger partial charge on any atom is 0.285 e. The van der Waals surface area contributed by atoms with E-state index in [1.54, 1.807) is 0 Å². The van der Waals surface area contributed by atoms with Crippen molar-refractivity contribution in [1.29, 1.82) is 0 Å². The van der Waals surface area contributed by atoms with Gasteiger partial charge in [-0.2, -0.15) is 0 Å². The van der Waals surface area contributed by atoms with Crippen LogP contribution < -0.4 is 0 Å². The fraction of sp³-hybridized carbons (Fsp3) is 0.222. The highest BCUT2D eigenvalue weighted by atomic mass is 79.9. The van der Waals surface area contributed by atoms with Crippen LogP contribution in [0.3, 0.4) is 0 Å². The molecule has 0 unspecified atom stereocenters. The first-order chi connectivity index (χ1) is 6.66. The van der Waals surface area contributed by atoms with Crippen molar-refractivity contribution in [3.05, 3.63) is 28.2 Å². The molecule has 0 saturated heterocycles. The van der Waals surface area contributed by atoms with Crippen molar-refractivity contribution in [1.82, 2.24) is 15.2 Å². The summed E-state index contributed by atoms with van der Waals surface area (Å²) >= 11 is 3.09. The third-order valence-electron chi connectivity index (χ3n) is 1.97. The summed E-state index contributed by atoms with van der Waals surface area (Å²) in [5, 5.41) is 7.54. The molecule has 0 saturated carbocycles. The van der Waals surface area contributed by atoms with E-state index in [2.05, 4.69) is 31.1 Å². The molecule has 2 aromatic heterocycles. The van der Waals surface area contributed by atoms with E-state index in [0.29, 0.717) is 16.4 Å². The molecule has 0 aliphatic heterocycles. The second kappa shape index (κ2) is 3.49. The highest BCUT2D eigenvalue weighted by molar-refractivity contribution is 9.10. The summed E-state index contributed by atoms with van der Waals surface area (Å²) in [5.41, 5.74) is 2.82. The van der Waals surface area contributed by atoms with Gasteiger partial charge in [-0.25, -0.2) is 4.98 Å². The first-order valence-electron chi connectivity index (χ1n) is 4.10. The Kier molecular flexibility index (Phi) is 2.33.